The van der Waals surface area contributed by atoms with Crippen molar-refractivity contribution in [2.75, 3.05) is 13.1 Å². The van der Waals surface area contributed by atoms with Crippen LogP contribution in [0.3, 0.4) is 0 Å². The normalized spacial score (nSPS) is 34.5. The number of ether oxygens (including phenoxy) is 1. The van der Waals surface area contributed by atoms with E-state index in [2.05, 4.69) is 19.2 Å². The van der Waals surface area contributed by atoms with Crippen molar-refractivity contribution in [1.82, 2.24) is 5.32 Å². The molecule has 2 nitrogen and oxygen atoms in total. The van der Waals surface area contributed by atoms with Crippen LogP contribution in [0, 0.1) is 11.8 Å². The highest BCUT2D eigenvalue weighted by molar-refractivity contribution is 4.83. The molecule has 2 heteroatoms. The molecule has 0 aromatic carbocycles. The van der Waals surface area contributed by atoms with E-state index in [1.165, 1.54) is 25.7 Å². The summed E-state index contributed by atoms with van der Waals surface area (Å²) in [6, 6.07) is 0. The van der Waals surface area contributed by atoms with Crippen LogP contribution in [0.5, 0.6) is 0 Å². The minimum absolute atomic E-state index is 0.550. The van der Waals surface area contributed by atoms with E-state index < -0.39 is 0 Å². The zero-order valence-electron chi connectivity index (χ0n) is 9.46. The fraction of sp³-hybridized carbons (Fsp3) is 1.00. The van der Waals surface area contributed by atoms with Crippen LogP contribution in [-0.2, 0) is 4.74 Å². The van der Waals surface area contributed by atoms with Gasteiger partial charge in [0.05, 0.1) is 12.2 Å². The van der Waals surface area contributed by atoms with Gasteiger partial charge in [0.25, 0.3) is 0 Å². The van der Waals surface area contributed by atoms with Crippen molar-refractivity contribution in [3.05, 3.63) is 0 Å². The Morgan fingerprint density at radius 3 is 2.29 bits per heavy atom. The summed E-state index contributed by atoms with van der Waals surface area (Å²) in [5.74, 6) is 1.78. The smallest absolute Gasteiger partial charge is 0.0603 e. The Balaban J connectivity index is 1.63. The van der Waals surface area contributed by atoms with Gasteiger partial charge in [-0.15, -0.1) is 0 Å². The quantitative estimate of drug-likeness (QED) is 0.749. The molecule has 1 aliphatic heterocycles. The van der Waals surface area contributed by atoms with Crippen LogP contribution in [0.25, 0.3) is 0 Å². The third kappa shape index (κ3) is 2.48. The molecule has 0 spiro atoms. The summed E-state index contributed by atoms with van der Waals surface area (Å²) in [6.45, 7) is 6.94. The highest BCUT2D eigenvalue weighted by Crippen LogP contribution is 2.36. The van der Waals surface area contributed by atoms with E-state index in [1.807, 2.05) is 0 Å². The van der Waals surface area contributed by atoms with Gasteiger partial charge in [0.2, 0.25) is 0 Å². The Morgan fingerprint density at radius 1 is 1.07 bits per heavy atom. The Morgan fingerprint density at radius 2 is 1.71 bits per heavy atom. The van der Waals surface area contributed by atoms with E-state index in [4.69, 9.17) is 4.74 Å². The van der Waals surface area contributed by atoms with Gasteiger partial charge < -0.3 is 10.1 Å². The lowest BCUT2D eigenvalue weighted by Crippen LogP contribution is -2.40. The van der Waals surface area contributed by atoms with Crippen molar-refractivity contribution in [3.8, 4) is 0 Å². The minimum Gasteiger partial charge on any atom is -0.375 e. The summed E-state index contributed by atoms with van der Waals surface area (Å²) in [7, 11) is 0. The molecular weight excluding hydrogens is 174 g/mol. The van der Waals surface area contributed by atoms with Crippen LogP contribution in [0.2, 0.25) is 0 Å². The molecule has 1 N–H and O–H groups in total. The van der Waals surface area contributed by atoms with E-state index in [0.717, 1.165) is 24.9 Å². The standard InChI is InChI=1S/C12H23NO/c1-9(2)10-7-12(8-10)14-11-3-5-13-6-4-11/h9-13H,3-8H2,1-2H3. The fourth-order valence-corrected chi connectivity index (χ4v) is 2.47. The van der Waals surface area contributed by atoms with Crippen LogP contribution in [-0.4, -0.2) is 25.3 Å². The second kappa shape index (κ2) is 4.63. The predicted molar refractivity (Wildman–Crippen MR) is 58.3 cm³/mol. The van der Waals surface area contributed by atoms with Crippen LogP contribution in [0.1, 0.15) is 39.5 Å². The Bertz CT molecular complexity index is 169. The van der Waals surface area contributed by atoms with Gasteiger partial charge in [0, 0.05) is 0 Å². The van der Waals surface area contributed by atoms with Gasteiger partial charge in [0.1, 0.15) is 0 Å². The van der Waals surface area contributed by atoms with Gasteiger partial charge in [0.15, 0.2) is 0 Å². The van der Waals surface area contributed by atoms with Crippen LogP contribution >= 0.6 is 0 Å². The lowest BCUT2D eigenvalue weighted by atomic mass is 9.75. The first-order valence-electron chi connectivity index (χ1n) is 6.12. The second-order valence-electron chi connectivity index (χ2n) is 5.18. The van der Waals surface area contributed by atoms with Gasteiger partial charge in [-0.05, 0) is 50.6 Å². The van der Waals surface area contributed by atoms with E-state index in [-0.39, 0.29) is 0 Å². The first kappa shape index (κ1) is 10.4. The summed E-state index contributed by atoms with van der Waals surface area (Å²) in [4.78, 5) is 0. The highest BCUT2D eigenvalue weighted by Gasteiger charge is 2.33. The minimum atomic E-state index is 0.550. The molecule has 1 saturated carbocycles. The van der Waals surface area contributed by atoms with Crippen molar-refractivity contribution in [2.45, 2.75) is 51.7 Å². The van der Waals surface area contributed by atoms with Crippen molar-refractivity contribution in [2.24, 2.45) is 11.8 Å². The molecule has 14 heavy (non-hydrogen) atoms. The third-order valence-electron chi connectivity index (χ3n) is 3.75. The number of hydrogen-bond donors (Lipinski definition) is 1. The molecule has 0 atom stereocenters. The third-order valence-corrected chi connectivity index (χ3v) is 3.75. The molecule has 0 unspecified atom stereocenters. The topological polar surface area (TPSA) is 21.3 Å². The Hall–Kier alpha value is -0.0800. The molecule has 2 fully saturated rings. The summed E-state index contributed by atoms with van der Waals surface area (Å²) >= 11 is 0. The first-order chi connectivity index (χ1) is 6.75. The van der Waals surface area contributed by atoms with Gasteiger partial charge in [-0.25, -0.2) is 0 Å². The van der Waals surface area contributed by atoms with Crippen molar-refractivity contribution in [3.63, 3.8) is 0 Å². The van der Waals surface area contributed by atoms with E-state index in [1.54, 1.807) is 0 Å². The molecule has 2 aliphatic rings. The maximum absolute atomic E-state index is 6.07. The highest BCUT2D eigenvalue weighted by atomic mass is 16.5. The fourth-order valence-electron chi connectivity index (χ4n) is 2.47. The molecule has 0 amide bonds. The molecule has 82 valence electrons. The van der Waals surface area contributed by atoms with Gasteiger partial charge in [-0.2, -0.15) is 0 Å². The maximum atomic E-state index is 6.07. The van der Waals surface area contributed by atoms with Gasteiger partial charge in [-0.1, -0.05) is 13.8 Å². The van der Waals surface area contributed by atoms with Crippen LogP contribution in [0.4, 0.5) is 0 Å². The number of rotatable bonds is 3. The molecule has 1 heterocycles. The van der Waals surface area contributed by atoms with E-state index >= 15 is 0 Å². The molecule has 0 bridgehead atoms. The first-order valence-corrected chi connectivity index (χ1v) is 6.12. The SMILES string of the molecule is CC(C)C1CC(OC2CCNCC2)C1. The number of nitrogens with one attached hydrogen (secondary N) is 1. The zero-order valence-corrected chi connectivity index (χ0v) is 9.46. The van der Waals surface area contributed by atoms with Gasteiger partial charge >= 0.3 is 0 Å². The predicted octanol–water partition coefficient (Wildman–Crippen LogP) is 2.19. The number of hydrogen-bond acceptors (Lipinski definition) is 2. The summed E-state index contributed by atoms with van der Waals surface area (Å²) in [6.07, 6.45) is 6.18. The molecule has 2 rings (SSSR count). The molecule has 1 saturated heterocycles. The molecular formula is C12H23NO. The Labute approximate surface area is 87.4 Å². The van der Waals surface area contributed by atoms with Crippen molar-refractivity contribution >= 4 is 0 Å². The molecule has 1 aliphatic carbocycles. The lowest BCUT2D eigenvalue weighted by molar-refractivity contribution is -0.0925. The maximum Gasteiger partial charge on any atom is 0.0603 e. The van der Waals surface area contributed by atoms with Crippen LogP contribution < -0.4 is 5.32 Å². The second-order valence-corrected chi connectivity index (χ2v) is 5.18. The molecule has 0 radical (unpaired) electrons. The average molecular weight is 197 g/mol. The Kier molecular flexibility index (Phi) is 3.45. The van der Waals surface area contributed by atoms with Crippen molar-refractivity contribution < 1.29 is 4.74 Å². The van der Waals surface area contributed by atoms with Crippen LogP contribution in [0.15, 0.2) is 0 Å². The van der Waals surface area contributed by atoms with E-state index in [0.29, 0.717) is 12.2 Å². The number of piperidine rings is 1. The zero-order chi connectivity index (χ0) is 9.97. The lowest BCUT2D eigenvalue weighted by Gasteiger charge is -2.40. The monoisotopic (exact) mass is 197 g/mol. The largest absolute Gasteiger partial charge is 0.375 e. The summed E-state index contributed by atoms with van der Waals surface area (Å²) in [5.41, 5.74) is 0. The summed E-state index contributed by atoms with van der Waals surface area (Å²) in [5, 5.41) is 3.37. The van der Waals surface area contributed by atoms with Gasteiger partial charge in [-0.3, -0.25) is 0 Å². The van der Waals surface area contributed by atoms with E-state index in [9.17, 15) is 0 Å². The van der Waals surface area contributed by atoms with Crippen molar-refractivity contribution in [1.29, 1.82) is 0 Å². The molecule has 0 aromatic rings. The molecule has 0 aromatic heterocycles. The summed E-state index contributed by atoms with van der Waals surface area (Å²) < 4.78 is 6.07. The average Bonchev–Trinajstić information content (AvgIpc) is 2.12.